The summed E-state index contributed by atoms with van der Waals surface area (Å²) in [5.74, 6) is 0.960. The normalized spacial score (nSPS) is 20.2. The molecule has 0 unspecified atom stereocenters. The summed E-state index contributed by atoms with van der Waals surface area (Å²) in [5.41, 5.74) is 0. The third kappa shape index (κ3) is 6.60. The number of hydrogen-bond donors (Lipinski definition) is 2. The minimum Gasteiger partial charge on any atom is -0.363 e. The van der Waals surface area contributed by atoms with Crippen LogP contribution in [0, 0.1) is 0 Å². The van der Waals surface area contributed by atoms with Crippen molar-refractivity contribution in [1.82, 2.24) is 15.5 Å². The van der Waals surface area contributed by atoms with Gasteiger partial charge in [0, 0.05) is 39.3 Å². The molecule has 1 aromatic rings. The molecule has 25 heavy (non-hydrogen) atoms. The Morgan fingerprint density at radius 3 is 2.60 bits per heavy atom. The van der Waals surface area contributed by atoms with Gasteiger partial charge >= 0.3 is 0 Å². The lowest BCUT2D eigenvalue weighted by molar-refractivity contribution is 0.232. The third-order valence-corrected chi connectivity index (χ3v) is 5.98. The van der Waals surface area contributed by atoms with Crippen LogP contribution in [0.25, 0.3) is 0 Å². The number of guanidine groups is 1. The number of nitrogens with one attached hydrogen (secondary N) is 2. The lowest BCUT2D eigenvalue weighted by atomic mass is 10.1. The molecule has 0 saturated carbocycles. The molecule has 2 fully saturated rings. The molecule has 3 rings (SSSR count). The van der Waals surface area contributed by atoms with Crippen molar-refractivity contribution in [2.45, 2.75) is 38.1 Å². The van der Waals surface area contributed by atoms with Crippen LogP contribution in [0.4, 0.5) is 5.00 Å². The van der Waals surface area contributed by atoms with E-state index in [9.17, 15) is 0 Å². The average molecular weight is 477 g/mol. The maximum Gasteiger partial charge on any atom is 0.191 e. The smallest absolute Gasteiger partial charge is 0.191 e. The van der Waals surface area contributed by atoms with Crippen molar-refractivity contribution in [3.63, 3.8) is 0 Å². The molecule has 3 heterocycles. The van der Waals surface area contributed by atoms with Crippen LogP contribution in [0.5, 0.6) is 0 Å². The molecule has 0 atom stereocenters. The summed E-state index contributed by atoms with van der Waals surface area (Å²) < 4.78 is 0. The second-order valence-corrected chi connectivity index (χ2v) is 7.68. The highest BCUT2D eigenvalue weighted by Crippen LogP contribution is 2.24. The van der Waals surface area contributed by atoms with Gasteiger partial charge in [-0.05, 0) is 56.3 Å². The average Bonchev–Trinajstić information content (AvgIpc) is 3.17. The standard InChI is InChI=1S/C18H31N5S.HI/c1-19-18(20-9-14-22-10-3-2-4-11-22)21-16-7-12-23(13-8-16)17-6-5-15-24-17;/h5-6,15-16H,2-4,7-14H2,1H3,(H2,19,20,21);1H. The van der Waals surface area contributed by atoms with Crippen LogP contribution in [0.3, 0.4) is 0 Å². The molecule has 0 bridgehead atoms. The number of hydrogen-bond acceptors (Lipinski definition) is 4. The Hall–Kier alpha value is -0.540. The van der Waals surface area contributed by atoms with Gasteiger partial charge in [-0.15, -0.1) is 35.3 Å². The fourth-order valence-corrected chi connectivity index (χ4v) is 4.38. The Labute approximate surface area is 173 Å². The third-order valence-electron chi connectivity index (χ3n) is 5.05. The SMILES string of the molecule is CN=C(NCCN1CCCCC1)NC1CCN(c2cccs2)CC1.I. The van der Waals surface area contributed by atoms with Crippen molar-refractivity contribution < 1.29 is 0 Å². The van der Waals surface area contributed by atoms with Gasteiger partial charge < -0.3 is 20.4 Å². The zero-order chi connectivity index (χ0) is 16.6. The first kappa shape index (κ1) is 20.8. The monoisotopic (exact) mass is 477 g/mol. The van der Waals surface area contributed by atoms with Crippen LogP contribution in [0.1, 0.15) is 32.1 Å². The van der Waals surface area contributed by atoms with E-state index in [-0.39, 0.29) is 24.0 Å². The van der Waals surface area contributed by atoms with Crippen LogP contribution in [0.2, 0.25) is 0 Å². The maximum atomic E-state index is 4.40. The Morgan fingerprint density at radius 2 is 1.96 bits per heavy atom. The number of anilines is 1. The van der Waals surface area contributed by atoms with Gasteiger partial charge in [0.05, 0.1) is 5.00 Å². The quantitative estimate of drug-likeness (QED) is 0.389. The molecule has 0 amide bonds. The predicted octanol–water partition coefficient (Wildman–Crippen LogP) is 2.99. The highest BCUT2D eigenvalue weighted by atomic mass is 127. The minimum atomic E-state index is 0. The van der Waals surface area contributed by atoms with Crippen molar-refractivity contribution in [1.29, 1.82) is 0 Å². The lowest BCUT2D eigenvalue weighted by Gasteiger charge is -2.33. The topological polar surface area (TPSA) is 42.9 Å². The van der Waals surface area contributed by atoms with Crippen molar-refractivity contribution in [3.05, 3.63) is 17.5 Å². The Morgan fingerprint density at radius 1 is 1.20 bits per heavy atom. The highest BCUT2D eigenvalue weighted by molar-refractivity contribution is 14.0. The summed E-state index contributed by atoms with van der Waals surface area (Å²) in [6.07, 6.45) is 6.46. The van der Waals surface area contributed by atoms with Crippen molar-refractivity contribution in [3.8, 4) is 0 Å². The Bertz CT molecular complexity index is 494. The largest absolute Gasteiger partial charge is 0.363 e. The molecule has 2 saturated heterocycles. The van der Waals surface area contributed by atoms with Gasteiger partial charge in [-0.2, -0.15) is 0 Å². The van der Waals surface area contributed by atoms with Gasteiger partial charge in [-0.1, -0.05) is 6.42 Å². The first-order valence-electron chi connectivity index (χ1n) is 9.33. The van der Waals surface area contributed by atoms with Crippen LogP contribution in [-0.2, 0) is 0 Å². The summed E-state index contributed by atoms with van der Waals surface area (Å²) in [6, 6.07) is 4.89. The van der Waals surface area contributed by atoms with Crippen molar-refractivity contribution in [2.24, 2.45) is 4.99 Å². The molecule has 5 nitrogen and oxygen atoms in total. The van der Waals surface area contributed by atoms with Crippen LogP contribution < -0.4 is 15.5 Å². The van der Waals surface area contributed by atoms with Gasteiger partial charge in [0.1, 0.15) is 0 Å². The molecule has 0 radical (unpaired) electrons. The first-order chi connectivity index (χ1) is 11.8. The maximum absolute atomic E-state index is 4.40. The molecular formula is C18H32IN5S. The molecule has 0 aromatic carbocycles. The number of aliphatic imine (C=N–C) groups is 1. The van der Waals surface area contributed by atoms with E-state index < -0.39 is 0 Å². The number of halogens is 1. The van der Waals surface area contributed by atoms with E-state index in [1.807, 2.05) is 18.4 Å². The zero-order valence-corrected chi connectivity index (χ0v) is 18.4. The number of thiophene rings is 1. The van der Waals surface area contributed by atoms with Crippen LogP contribution in [0.15, 0.2) is 22.5 Å². The number of likely N-dealkylation sites (tertiary alicyclic amines) is 1. The molecule has 2 aliphatic heterocycles. The molecule has 7 heteroatoms. The van der Waals surface area contributed by atoms with E-state index in [1.54, 1.807) is 0 Å². The lowest BCUT2D eigenvalue weighted by Crippen LogP contribution is -2.49. The summed E-state index contributed by atoms with van der Waals surface area (Å²) in [6.45, 7) is 6.88. The van der Waals surface area contributed by atoms with Crippen LogP contribution >= 0.6 is 35.3 Å². The van der Waals surface area contributed by atoms with Gasteiger partial charge in [0.2, 0.25) is 0 Å². The van der Waals surface area contributed by atoms with Crippen molar-refractivity contribution >= 4 is 46.3 Å². The van der Waals surface area contributed by atoms with Gasteiger partial charge in [0.15, 0.2) is 5.96 Å². The molecule has 1 aromatic heterocycles. The summed E-state index contributed by atoms with van der Waals surface area (Å²) in [5, 5.41) is 10.7. The van der Waals surface area contributed by atoms with Gasteiger partial charge in [0.25, 0.3) is 0 Å². The van der Waals surface area contributed by atoms with E-state index in [0.29, 0.717) is 6.04 Å². The van der Waals surface area contributed by atoms with Gasteiger partial charge in [-0.25, -0.2) is 0 Å². The number of rotatable bonds is 5. The fourth-order valence-electron chi connectivity index (χ4n) is 3.60. The molecule has 2 N–H and O–H groups in total. The minimum absolute atomic E-state index is 0. The first-order valence-corrected chi connectivity index (χ1v) is 10.2. The van der Waals surface area contributed by atoms with E-state index in [2.05, 4.69) is 42.9 Å². The Kier molecular flexibility index (Phi) is 9.33. The molecule has 0 aliphatic carbocycles. The fraction of sp³-hybridized carbons (Fsp3) is 0.722. The summed E-state index contributed by atoms with van der Waals surface area (Å²) in [7, 11) is 1.87. The molecule has 2 aliphatic rings. The van der Waals surface area contributed by atoms with Crippen LogP contribution in [-0.4, -0.2) is 63.2 Å². The zero-order valence-electron chi connectivity index (χ0n) is 15.2. The predicted molar refractivity (Wildman–Crippen MR) is 120 cm³/mol. The van der Waals surface area contributed by atoms with E-state index in [4.69, 9.17) is 0 Å². The summed E-state index contributed by atoms with van der Waals surface area (Å²) in [4.78, 5) is 9.45. The van der Waals surface area contributed by atoms with Gasteiger partial charge in [-0.3, -0.25) is 4.99 Å². The van der Waals surface area contributed by atoms with E-state index in [1.165, 1.54) is 50.2 Å². The highest BCUT2D eigenvalue weighted by Gasteiger charge is 2.20. The number of nitrogens with zero attached hydrogens (tertiary/aromatic N) is 3. The molecule has 142 valence electrons. The molecule has 0 spiro atoms. The number of piperidine rings is 2. The van der Waals surface area contributed by atoms with Crippen molar-refractivity contribution in [2.75, 3.05) is 51.2 Å². The van der Waals surface area contributed by atoms with E-state index >= 15 is 0 Å². The summed E-state index contributed by atoms with van der Waals surface area (Å²) >= 11 is 1.84. The Balaban J connectivity index is 0.00000225. The van der Waals surface area contributed by atoms with E-state index in [0.717, 1.165) is 32.1 Å². The molecular weight excluding hydrogens is 445 g/mol. The second-order valence-electron chi connectivity index (χ2n) is 6.76. The second kappa shape index (κ2) is 11.2.